The van der Waals surface area contributed by atoms with Crippen molar-refractivity contribution in [2.24, 2.45) is 0 Å². The molecule has 0 saturated carbocycles. The summed E-state index contributed by atoms with van der Waals surface area (Å²) >= 11 is 0. The number of quaternary nitrogens is 1. The molecule has 0 aliphatic carbocycles. The monoisotopic (exact) mass is 248 g/mol. The quantitative estimate of drug-likeness (QED) is 0.531. The van der Waals surface area contributed by atoms with E-state index in [9.17, 15) is 0 Å². The van der Waals surface area contributed by atoms with Crippen molar-refractivity contribution < 1.29 is 9.22 Å². The lowest BCUT2D eigenvalue weighted by Crippen LogP contribution is -2.43. The molecular formula is C16H26NO+. The fraction of sp³-hybridized carbons (Fsp3) is 0.500. The van der Waals surface area contributed by atoms with Crippen molar-refractivity contribution in [2.75, 3.05) is 27.7 Å². The topological polar surface area (TPSA) is 9.23 Å². The molecule has 1 aromatic carbocycles. The first-order chi connectivity index (χ1) is 8.43. The lowest BCUT2D eigenvalue weighted by Gasteiger charge is -2.31. The summed E-state index contributed by atoms with van der Waals surface area (Å²) < 4.78 is 6.71. The predicted octanol–water partition coefficient (Wildman–Crippen LogP) is 3.33. The van der Waals surface area contributed by atoms with E-state index in [0.717, 1.165) is 23.1 Å². The highest BCUT2D eigenvalue weighted by molar-refractivity contribution is 5.47. The van der Waals surface area contributed by atoms with Gasteiger partial charge in [0.2, 0.25) is 0 Å². The van der Waals surface area contributed by atoms with E-state index in [2.05, 4.69) is 58.9 Å². The van der Waals surface area contributed by atoms with Crippen molar-refractivity contribution in [3.63, 3.8) is 0 Å². The van der Waals surface area contributed by atoms with E-state index in [4.69, 9.17) is 4.74 Å². The molecule has 100 valence electrons. The minimum atomic E-state index is 0.619. The van der Waals surface area contributed by atoms with Gasteiger partial charge in [-0.2, -0.15) is 0 Å². The first-order valence-corrected chi connectivity index (χ1v) is 6.53. The second-order valence-electron chi connectivity index (χ2n) is 5.75. The van der Waals surface area contributed by atoms with Gasteiger partial charge in [0, 0.05) is 6.42 Å². The van der Waals surface area contributed by atoms with Gasteiger partial charge in [0.25, 0.3) is 0 Å². The van der Waals surface area contributed by atoms with Crippen LogP contribution in [0.4, 0.5) is 0 Å². The van der Waals surface area contributed by atoms with E-state index in [1.807, 2.05) is 6.08 Å². The largest absolute Gasteiger partial charge is 0.377 e. The van der Waals surface area contributed by atoms with E-state index in [0.29, 0.717) is 12.6 Å². The molecule has 1 rings (SSSR count). The van der Waals surface area contributed by atoms with Gasteiger partial charge in [-0.25, -0.2) is 0 Å². The number of benzene rings is 1. The Labute approximate surface area is 111 Å². The molecule has 0 radical (unpaired) electrons. The molecule has 0 aliphatic rings. The van der Waals surface area contributed by atoms with Crippen LogP contribution >= 0.6 is 0 Å². The Hall–Kier alpha value is -1.12. The average molecular weight is 248 g/mol. The van der Waals surface area contributed by atoms with E-state index in [1.54, 1.807) is 0 Å². The molecule has 0 aromatic heterocycles. The first kappa shape index (κ1) is 14.9. The van der Waals surface area contributed by atoms with Crippen molar-refractivity contribution >= 4 is 6.08 Å². The highest BCUT2D eigenvalue weighted by Crippen LogP contribution is 2.09. The lowest BCUT2D eigenvalue weighted by atomic mass is 10.1. The van der Waals surface area contributed by atoms with Gasteiger partial charge in [-0.3, -0.25) is 0 Å². The number of hydrogen-bond acceptors (Lipinski definition) is 1. The van der Waals surface area contributed by atoms with Crippen molar-refractivity contribution in [2.45, 2.75) is 26.0 Å². The molecule has 1 unspecified atom stereocenters. The normalized spacial score (nSPS) is 13.3. The SMILES string of the molecule is C=Cc1ccc(COCCC(C)[N+](C)(C)C)cc1. The summed E-state index contributed by atoms with van der Waals surface area (Å²) in [4.78, 5) is 0. The predicted molar refractivity (Wildman–Crippen MR) is 78.3 cm³/mol. The van der Waals surface area contributed by atoms with Crippen molar-refractivity contribution in [1.29, 1.82) is 0 Å². The third kappa shape index (κ3) is 5.03. The maximum atomic E-state index is 5.72. The smallest absolute Gasteiger partial charge is 0.0877 e. The number of ether oxygens (including phenoxy) is 1. The van der Waals surface area contributed by atoms with Crippen molar-refractivity contribution in [3.05, 3.63) is 42.0 Å². The molecule has 2 nitrogen and oxygen atoms in total. The van der Waals surface area contributed by atoms with E-state index in [-0.39, 0.29) is 0 Å². The fourth-order valence-corrected chi connectivity index (χ4v) is 1.58. The molecule has 0 N–H and O–H groups in total. The molecule has 1 aromatic rings. The average Bonchev–Trinajstić information content (AvgIpc) is 2.34. The molecule has 0 bridgehead atoms. The van der Waals surface area contributed by atoms with Crippen LogP contribution in [-0.4, -0.2) is 38.3 Å². The van der Waals surface area contributed by atoms with Gasteiger partial charge in [0.15, 0.2) is 0 Å². The molecule has 0 saturated heterocycles. The molecule has 0 fully saturated rings. The van der Waals surface area contributed by atoms with Crippen LogP contribution in [0.25, 0.3) is 6.08 Å². The Bertz CT molecular complexity index is 362. The Balaban J connectivity index is 2.27. The lowest BCUT2D eigenvalue weighted by molar-refractivity contribution is -0.894. The first-order valence-electron chi connectivity index (χ1n) is 6.53. The zero-order valence-corrected chi connectivity index (χ0v) is 12.1. The summed E-state index contributed by atoms with van der Waals surface area (Å²) in [6, 6.07) is 8.95. The summed E-state index contributed by atoms with van der Waals surface area (Å²) in [6.45, 7) is 7.53. The van der Waals surface area contributed by atoms with Crippen LogP contribution in [0.15, 0.2) is 30.8 Å². The van der Waals surface area contributed by atoms with E-state index in [1.165, 1.54) is 5.56 Å². The minimum absolute atomic E-state index is 0.619. The van der Waals surface area contributed by atoms with Gasteiger partial charge < -0.3 is 9.22 Å². The van der Waals surface area contributed by atoms with Crippen LogP contribution in [0.1, 0.15) is 24.5 Å². The Morgan fingerprint density at radius 1 is 1.22 bits per heavy atom. The Kier molecular flexibility index (Phi) is 5.57. The van der Waals surface area contributed by atoms with Gasteiger partial charge >= 0.3 is 0 Å². The van der Waals surface area contributed by atoms with Crippen LogP contribution in [0.5, 0.6) is 0 Å². The van der Waals surface area contributed by atoms with E-state index >= 15 is 0 Å². The number of hydrogen-bond donors (Lipinski definition) is 0. The molecule has 0 spiro atoms. The fourth-order valence-electron chi connectivity index (χ4n) is 1.58. The molecule has 18 heavy (non-hydrogen) atoms. The highest BCUT2D eigenvalue weighted by atomic mass is 16.5. The van der Waals surface area contributed by atoms with Gasteiger partial charge in [0.05, 0.1) is 40.4 Å². The number of rotatable bonds is 7. The van der Waals surface area contributed by atoms with Gasteiger partial charge in [-0.15, -0.1) is 0 Å². The van der Waals surface area contributed by atoms with Crippen LogP contribution in [0.2, 0.25) is 0 Å². The minimum Gasteiger partial charge on any atom is -0.377 e. The maximum absolute atomic E-state index is 5.72. The van der Waals surface area contributed by atoms with Crippen molar-refractivity contribution in [3.8, 4) is 0 Å². The number of nitrogens with zero attached hydrogens (tertiary/aromatic N) is 1. The van der Waals surface area contributed by atoms with Crippen LogP contribution < -0.4 is 0 Å². The van der Waals surface area contributed by atoms with Gasteiger partial charge in [-0.05, 0) is 18.1 Å². The standard InChI is InChI=1S/C16H26NO/c1-6-15-7-9-16(10-8-15)13-18-12-11-14(2)17(3,4)5/h6-10,14H,1,11-13H2,2-5H3/q+1. The highest BCUT2D eigenvalue weighted by Gasteiger charge is 2.17. The van der Waals surface area contributed by atoms with Crippen LogP contribution in [0, 0.1) is 0 Å². The molecule has 0 aliphatic heterocycles. The second-order valence-corrected chi connectivity index (χ2v) is 5.75. The summed E-state index contributed by atoms with van der Waals surface area (Å²) in [6.07, 6.45) is 2.95. The molecule has 1 atom stereocenters. The summed E-state index contributed by atoms with van der Waals surface area (Å²) in [7, 11) is 6.66. The third-order valence-electron chi connectivity index (χ3n) is 3.49. The summed E-state index contributed by atoms with van der Waals surface area (Å²) in [5.74, 6) is 0. The zero-order valence-electron chi connectivity index (χ0n) is 12.1. The summed E-state index contributed by atoms with van der Waals surface area (Å²) in [5.41, 5.74) is 2.37. The molecule has 0 heterocycles. The Morgan fingerprint density at radius 2 is 1.83 bits per heavy atom. The molecular weight excluding hydrogens is 222 g/mol. The van der Waals surface area contributed by atoms with E-state index < -0.39 is 0 Å². The third-order valence-corrected chi connectivity index (χ3v) is 3.49. The van der Waals surface area contributed by atoms with Crippen LogP contribution in [0.3, 0.4) is 0 Å². The van der Waals surface area contributed by atoms with Crippen molar-refractivity contribution in [1.82, 2.24) is 0 Å². The van der Waals surface area contributed by atoms with Crippen LogP contribution in [-0.2, 0) is 11.3 Å². The maximum Gasteiger partial charge on any atom is 0.0877 e. The van der Waals surface area contributed by atoms with Gasteiger partial charge in [0.1, 0.15) is 0 Å². The second kappa shape index (κ2) is 6.72. The molecule has 2 heteroatoms. The zero-order chi connectivity index (χ0) is 13.6. The summed E-state index contributed by atoms with van der Waals surface area (Å²) in [5, 5.41) is 0. The Morgan fingerprint density at radius 3 is 2.33 bits per heavy atom. The van der Waals surface area contributed by atoms with Gasteiger partial charge in [-0.1, -0.05) is 36.9 Å². The molecule has 0 amide bonds.